The summed E-state index contributed by atoms with van der Waals surface area (Å²) in [6.45, 7) is 4.62. The molecule has 2 aliphatic rings. The van der Waals surface area contributed by atoms with Gasteiger partial charge in [-0.15, -0.1) is 0 Å². The lowest BCUT2D eigenvalue weighted by Crippen LogP contribution is -2.50. The molecule has 0 spiro atoms. The van der Waals surface area contributed by atoms with Gasteiger partial charge in [0.1, 0.15) is 0 Å². The van der Waals surface area contributed by atoms with Gasteiger partial charge in [0.05, 0.1) is 6.10 Å². The number of aliphatic hydroxyl groups is 1. The summed E-state index contributed by atoms with van der Waals surface area (Å²) in [6.07, 6.45) is 11.5. The zero-order valence-corrected chi connectivity index (χ0v) is 13.1. The summed E-state index contributed by atoms with van der Waals surface area (Å²) in [7, 11) is 2.27. The molecule has 0 aromatic heterocycles. The van der Waals surface area contributed by atoms with Crippen LogP contribution in [0.3, 0.4) is 0 Å². The van der Waals surface area contributed by atoms with Crippen molar-refractivity contribution in [2.75, 3.05) is 7.05 Å². The Morgan fingerprint density at radius 1 is 0.895 bits per heavy atom. The van der Waals surface area contributed by atoms with Gasteiger partial charge in [-0.3, -0.25) is 4.90 Å². The van der Waals surface area contributed by atoms with E-state index in [9.17, 15) is 5.11 Å². The van der Waals surface area contributed by atoms with Crippen LogP contribution in [0.1, 0.15) is 71.6 Å². The second kappa shape index (κ2) is 7.08. The van der Waals surface area contributed by atoms with E-state index in [1.807, 2.05) is 0 Å². The van der Waals surface area contributed by atoms with Crippen LogP contribution < -0.4 is 0 Å². The smallest absolute Gasteiger partial charge is 0.0695 e. The topological polar surface area (TPSA) is 23.5 Å². The van der Waals surface area contributed by atoms with Crippen LogP contribution in [0.25, 0.3) is 0 Å². The highest BCUT2D eigenvalue weighted by molar-refractivity contribution is 4.89. The van der Waals surface area contributed by atoms with Crippen LogP contribution in [0.15, 0.2) is 0 Å². The number of hydrogen-bond donors (Lipinski definition) is 1. The lowest BCUT2D eigenvalue weighted by molar-refractivity contribution is -0.0134. The standard InChI is InChI=1S/C17H33NO/c1-4-13-6-9-15(10-7-13)18(3)16-12-14(5-2)8-11-17(16)19/h13-17,19H,4-12H2,1-3H3. The molecule has 0 aromatic rings. The first-order valence-corrected chi connectivity index (χ1v) is 8.55. The van der Waals surface area contributed by atoms with Gasteiger partial charge >= 0.3 is 0 Å². The molecule has 0 saturated heterocycles. The molecule has 3 atom stereocenters. The van der Waals surface area contributed by atoms with Gasteiger partial charge in [-0.2, -0.15) is 0 Å². The fourth-order valence-corrected chi connectivity index (χ4v) is 4.25. The van der Waals surface area contributed by atoms with E-state index in [1.54, 1.807) is 0 Å². The second-order valence-electron chi connectivity index (χ2n) is 6.97. The molecule has 2 nitrogen and oxygen atoms in total. The average molecular weight is 267 g/mol. The highest BCUT2D eigenvalue weighted by Crippen LogP contribution is 2.34. The van der Waals surface area contributed by atoms with Crippen molar-refractivity contribution in [3.8, 4) is 0 Å². The molecule has 19 heavy (non-hydrogen) atoms. The lowest BCUT2D eigenvalue weighted by atomic mass is 9.79. The van der Waals surface area contributed by atoms with Gasteiger partial charge in [-0.05, 0) is 63.8 Å². The molecule has 0 aromatic carbocycles. The minimum atomic E-state index is -0.0864. The van der Waals surface area contributed by atoms with Crippen molar-refractivity contribution in [3.05, 3.63) is 0 Å². The Bertz CT molecular complexity index is 260. The molecule has 1 N–H and O–H groups in total. The van der Waals surface area contributed by atoms with Gasteiger partial charge in [0.25, 0.3) is 0 Å². The van der Waals surface area contributed by atoms with Crippen molar-refractivity contribution in [2.24, 2.45) is 11.8 Å². The van der Waals surface area contributed by atoms with Gasteiger partial charge in [0, 0.05) is 12.1 Å². The fourth-order valence-electron chi connectivity index (χ4n) is 4.25. The molecule has 2 rings (SSSR count). The van der Waals surface area contributed by atoms with Crippen LogP contribution in [0.4, 0.5) is 0 Å². The quantitative estimate of drug-likeness (QED) is 0.837. The van der Waals surface area contributed by atoms with Gasteiger partial charge < -0.3 is 5.11 Å². The molecule has 0 amide bonds. The van der Waals surface area contributed by atoms with Crippen LogP contribution >= 0.6 is 0 Å². The molecular formula is C17H33NO. The highest BCUT2D eigenvalue weighted by atomic mass is 16.3. The summed E-state index contributed by atoms with van der Waals surface area (Å²) < 4.78 is 0. The Labute approximate surface area is 119 Å². The van der Waals surface area contributed by atoms with Crippen molar-refractivity contribution in [1.82, 2.24) is 4.90 Å². The summed E-state index contributed by atoms with van der Waals surface area (Å²) in [5.74, 6) is 1.80. The summed E-state index contributed by atoms with van der Waals surface area (Å²) >= 11 is 0. The molecule has 0 aliphatic heterocycles. The Morgan fingerprint density at radius 2 is 1.47 bits per heavy atom. The van der Waals surface area contributed by atoms with E-state index in [2.05, 4.69) is 25.8 Å². The molecule has 2 aliphatic carbocycles. The van der Waals surface area contributed by atoms with E-state index in [-0.39, 0.29) is 6.10 Å². The molecule has 0 radical (unpaired) electrons. The second-order valence-corrected chi connectivity index (χ2v) is 6.97. The third kappa shape index (κ3) is 3.72. The summed E-state index contributed by atoms with van der Waals surface area (Å²) in [5.41, 5.74) is 0. The highest BCUT2D eigenvalue weighted by Gasteiger charge is 2.35. The summed E-state index contributed by atoms with van der Waals surface area (Å²) in [4.78, 5) is 2.54. The number of likely N-dealkylation sites (N-methyl/N-ethyl adjacent to an activating group) is 1. The Morgan fingerprint density at radius 3 is 2.05 bits per heavy atom. The average Bonchev–Trinajstić information content (AvgIpc) is 2.47. The van der Waals surface area contributed by atoms with Crippen LogP contribution in [0, 0.1) is 11.8 Å². The monoisotopic (exact) mass is 267 g/mol. The Balaban J connectivity index is 1.89. The van der Waals surface area contributed by atoms with Crippen LogP contribution in [-0.4, -0.2) is 35.2 Å². The molecule has 0 heterocycles. The summed E-state index contributed by atoms with van der Waals surface area (Å²) in [6, 6.07) is 1.14. The van der Waals surface area contributed by atoms with Gasteiger partial charge in [0.2, 0.25) is 0 Å². The van der Waals surface area contributed by atoms with E-state index in [0.29, 0.717) is 6.04 Å². The van der Waals surface area contributed by atoms with E-state index in [0.717, 1.165) is 24.3 Å². The van der Waals surface area contributed by atoms with E-state index < -0.39 is 0 Å². The molecule has 2 heteroatoms. The van der Waals surface area contributed by atoms with Gasteiger partial charge in [0.15, 0.2) is 0 Å². The van der Waals surface area contributed by atoms with Crippen molar-refractivity contribution in [2.45, 2.75) is 89.8 Å². The molecule has 2 fully saturated rings. The first-order valence-electron chi connectivity index (χ1n) is 8.55. The maximum Gasteiger partial charge on any atom is 0.0695 e. The van der Waals surface area contributed by atoms with Crippen molar-refractivity contribution < 1.29 is 5.11 Å². The van der Waals surface area contributed by atoms with E-state index in [4.69, 9.17) is 0 Å². The van der Waals surface area contributed by atoms with Crippen molar-refractivity contribution >= 4 is 0 Å². The Kier molecular flexibility index (Phi) is 5.70. The number of nitrogens with zero attached hydrogens (tertiary/aromatic N) is 1. The first kappa shape index (κ1) is 15.3. The fraction of sp³-hybridized carbons (Fsp3) is 1.00. The molecule has 112 valence electrons. The molecule has 3 unspecified atom stereocenters. The maximum atomic E-state index is 10.3. The SMILES string of the molecule is CCC1CCC(N(C)C2CC(CC)CCC2O)CC1. The van der Waals surface area contributed by atoms with Crippen molar-refractivity contribution in [1.29, 1.82) is 0 Å². The minimum absolute atomic E-state index is 0.0864. The zero-order valence-electron chi connectivity index (χ0n) is 13.1. The first-order chi connectivity index (χ1) is 9.15. The van der Waals surface area contributed by atoms with Crippen molar-refractivity contribution in [3.63, 3.8) is 0 Å². The normalized spacial score (nSPS) is 40.6. The predicted molar refractivity (Wildman–Crippen MR) is 81.2 cm³/mol. The lowest BCUT2D eigenvalue weighted by Gasteiger charge is -2.44. The zero-order chi connectivity index (χ0) is 13.8. The van der Waals surface area contributed by atoms with Crippen LogP contribution in [0.2, 0.25) is 0 Å². The largest absolute Gasteiger partial charge is 0.391 e. The predicted octanol–water partition coefficient (Wildman–Crippen LogP) is 3.83. The molecule has 2 saturated carbocycles. The van der Waals surface area contributed by atoms with E-state index in [1.165, 1.54) is 51.4 Å². The van der Waals surface area contributed by atoms with E-state index >= 15 is 0 Å². The maximum absolute atomic E-state index is 10.3. The molecule has 0 bridgehead atoms. The number of hydrogen-bond acceptors (Lipinski definition) is 2. The third-order valence-corrected chi connectivity index (χ3v) is 5.96. The summed E-state index contributed by atoms with van der Waals surface area (Å²) in [5, 5.41) is 10.3. The number of rotatable bonds is 4. The van der Waals surface area contributed by atoms with Gasteiger partial charge in [-0.1, -0.05) is 26.7 Å². The molecular weight excluding hydrogens is 234 g/mol. The number of aliphatic hydroxyl groups excluding tert-OH is 1. The van der Waals surface area contributed by atoms with Crippen LogP contribution in [-0.2, 0) is 0 Å². The van der Waals surface area contributed by atoms with Gasteiger partial charge in [-0.25, -0.2) is 0 Å². The third-order valence-electron chi connectivity index (χ3n) is 5.96. The van der Waals surface area contributed by atoms with Crippen LogP contribution in [0.5, 0.6) is 0 Å². The Hall–Kier alpha value is -0.0800. The minimum Gasteiger partial charge on any atom is -0.391 e.